The number of methoxy groups -OCH3 is 1. The van der Waals surface area contributed by atoms with Gasteiger partial charge in [-0.05, 0) is 54.7 Å². The third-order valence-electron chi connectivity index (χ3n) is 4.92. The van der Waals surface area contributed by atoms with Gasteiger partial charge in [-0.15, -0.1) is 0 Å². The molecular formula is C21H22N4O3. The topological polar surface area (TPSA) is 89.1 Å². The Bertz CT molecular complexity index is 950. The van der Waals surface area contributed by atoms with Crippen molar-refractivity contribution in [2.45, 2.75) is 18.8 Å². The Balaban J connectivity index is 1.53. The van der Waals surface area contributed by atoms with E-state index in [2.05, 4.69) is 20.5 Å². The molecule has 0 aliphatic carbocycles. The van der Waals surface area contributed by atoms with Crippen LogP contribution in [0.5, 0.6) is 5.75 Å². The van der Waals surface area contributed by atoms with Crippen molar-refractivity contribution in [3.05, 3.63) is 59.9 Å². The monoisotopic (exact) mass is 378 g/mol. The first-order valence-electron chi connectivity index (χ1n) is 9.28. The number of aromatic amines is 1. The second-order valence-corrected chi connectivity index (χ2v) is 6.68. The van der Waals surface area contributed by atoms with Crippen molar-refractivity contribution >= 4 is 11.6 Å². The van der Waals surface area contributed by atoms with Crippen LogP contribution in [0, 0.1) is 0 Å². The molecule has 1 aliphatic heterocycles. The predicted octanol–water partition coefficient (Wildman–Crippen LogP) is 3.63. The minimum atomic E-state index is -0.293. The molecule has 1 amide bonds. The highest BCUT2D eigenvalue weighted by molar-refractivity contribution is 6.04. The molecule has 1 aromatic carbocycles. The van der Waals surface area contributed by atoms with E-state index in [1.165, 1.54) is 5.56 Å². The minimum Gasteiger partial charge on any atom is -0.495 e. The first kappa shape index (κ1) is 18.2. The molecule has 7 heteroatoms. The summed E-state index contributed by atoms with van der Waals surface area (Å²) >= 11 is 0. The van der Waals surface area contributed by atoms with Crippen LogP contribution in [0.25, 0.3) is 11.4 Å². The number of hydrogen-bond donors (Lipinski definition) is 2. The number of carbonyl (C=O) groups is 1. The molecule has 0 spiro atoms. The summed E-state index contributed by atoms with van der Waals surface area (Å²) in [6.45, 7) is 1.56. The van der Waals surface area contributed by atoms with Gasteiger partial charge in [0.25, 0.3) is 5.91 Å². The molecule has 1 fully saturated rings. The summed E-state index contributed by atoms with van der Waals surface area (Å²) in [4.78, 5) is 17.1. The van der Waals surface area contributed by atoms with E-state index in [1.54, 1.807) is 25.4 Å². The van der Waals surface area contributed by atoms with Crippen LogP contribution in [0.15, 0.2) is 48.7 Å². The summed E-state index contributed by atoms with van der Waals surface area (Å²) in [6, 6.07) is 13.0. The fourth-order valence-corrected chi connectivity index (χ4v) is 3.39. The summed E-state index contributed by atoms with van der Waals surface area (Å²) in [5.74, 6) is 0.806. The molecule has 28 heavy (non-hydrogen) atoms. The number of benzene rings is 1. The largest absolute Gasteiger partial charge is 0.495 e. The van der Waals surface area contributed by atoms with Gasteiger partial charge in [-0.25, -0.2) is 4.98 Å². The first-order valence-corrected chi connectivity index (χ1v) is 9.28. The molecule has 0 bridgehead atoms. The van der Waals surface area contributed by atoms with Crippen LogP contribution in [0.3, 0.4) is 0 Å². The van der Waals surface area contributed by atoms with Crippen LogP contribution in [0.1, 0.15) is 34.8 Å². The van der Waals surface area contributed by atoms with Crippen molar-refractivity contribution in [2.75, 3.05) is 25.6 Å². The number of amides is 1. The number of nitrogens with zero attached hydrogens (tertiary/aromatic N) is 2. The fourth-order valence-electron chi connectivity index (χ4n) is 3.39. The average molecular weight is 378 g/mol. The van der Waals surface area contributed by atoms with Gasteiger partial charge in [0.05, 0.1) is 24.2 Å². The standard InChI is InChI=1S/C21H22N4O3/c1-27-20-13-15(14-8-11-28-12-9-14)5-6-18(20)24-21(26)19-4-2-3-16(23-19)17-7-10-22-25-17/h2-7,10,13-14H,8-9,11-12H2,1H3,(H,22,25)(H,24,26). The van der Waals surface area contributed by atoms with E-state index in [0.717, 1.165) is 31.7 Å². The van der Waals surface area contributed by atoms with Gasteiger partial charge in [-0.3, -0.25) is 9.89 Å². The van der Waals surface area contributed by atoms with Gasteiger partial charge >= 0.3 is 0 Å². The fraction of sp³-hybridized carbons (Fsp3) is 0.286. The zero-order valence-corrected chi connectivity index (χ0v) is 15.6. The number of rotatable bonds is 5. The first-order chi connectivity index (χ1) is 13.7. The van der Waals surface area contributed by atoms with E-state index in [-0.39, 0.29) is 5.91 Å². The molecule has 1 saturated heterocycles. The molecule has 0 saturated carbocycles. The van der Waals surface area contributed by atoms with Gasteiger partial charge < -0.3 is 14.8 Å². The van der Waals surface area contributed by atoms with Gasteiger partial charge in [-0.2, -0.15) is 5.10 Å². The van der Waals surface area contributed by atoms with E-state index in [0.29, 0.717) is 28.7 Å². The Morgan fingerprint density at radius 1 is 1.21 bits per heavy atom. The maximum atomic E-state index is 12.7. The number of anilines is 1. The Hall–Kier alpha value is -3.19. The van der Waals surface area contributed by atoms with E-state index >= 15 is 0 Å². The van der Waals surface area contributed by atoms with Crippen LogP contribution in [0.4, 0.5) is 5.69 Å². The summed E-state index contributed by atoms with van der Waals surface area (Å²) in [7, 11) is 1.61. The van der Waals surface area contributed by atoms with Crippen LogP contribution in [0.2, 0.25) is 0 Å². The minimum absolute atomic E-state index is 0.293. The number of H-pyrrole nitrogens is 1. The zero-order valence-electron chi connectivity index (χ0n) is 15.6. The van der Waals surface area contributed by atoms with Crippen molar-refractivity contribution in [2.24, 2.45) is 0 Å². The van der Waals surface area contributed by atoms with Crippen LogP contribution < -0.4 is 10.1 Å². The van der Waals surface area contributed by atoms with Gasteiger partial charge in [0.1, 0.15) is 11.4 Å². The maximum absolute atomic E-state index is 12.7. The molecule has 4 rings (SSSR count). The number of ether oxygens (including phenoxy) is 2. The number of carbonyl (C=O) groups excluding carboxylic acids is 1. The highest BCUT2D eigenvalue weighted by atomic mass is 16.5. The molecule has 0 radical (unpaired) electrons. The molecule has 144 valence electrons. The van der Waals surface area contributed by atoms with E-state index < -0.39 is 0 Å². The van der Waals surface area contributed by atoms with Gasteiger partial charge in [0, 0.05) is 19.4 Å². The molecule has 2 N–H and O–H groups in total. The number of nitrogens with one attached hydrogen (secondary N) is 2. The summed E-state index contributed by atoms with van der Waals surface area (Å²) in [6.07, 6.45) is 3.65. The Morgan fingerprint density at radius 3 is 2.82 bits per heavy atom. The van der Waals surface area contributed by atoms with Crippen LogP contribution >= 0.6 is 0 Å². The van der Waals surface area contributed by atoms with Crippen molar-refractivity contribution in [1.82, 2.24) is 15.2 Å². The number of aromatic nitrogens is 3. The van der Waals surface area contributed by atoms with Crippen molar-refractivity contribution < 1.29 is 14.3 Å². The van der Waals surface area contributed by atoms with Crippen molar-refractivity contribution in [3.63, 3.8) is 0 Å². The van der Waals surface area contributed by atoms with Crippen molar-refractivity contribution in [1.29, 1.82) is 0 Å². The lowest BCUT2D eigenvalue weighted by molar-refractivity contribution is 0.0853. The third-order valence-corrected chi connectivity index (χ3v) is 4.92. The van der Waals surface area contributed by atoms with Crippen molar-refractivity contribution in [3.8, 4) is 17.1 Å². The average Bonchev–Trinajstić information content (AvgIpc) is 3.30. The predicted molar refractivity (Wildman–Crippen MR) is 106 cm³/mol. The normalized spacial score (nSPS) is 14.6. The molecule has 7 nitrogen and oxygen atoms in total. The zero-order chi connectivity index (χ0) is 19.3. The van der Waals surface area contributed by atoms with E-state index in [4.69, 9.17) is 9.47 Å². The number of pyridine rings is 1. The maximum Gasteiger partial charge on any atom is 0.274 e. The Morgan fingerprint density at radius 2 is 2.07 bits per heavy atom. The smallest absolute Gasteiger partial charge is 0.274 e. The molecule has 2 aromatic heterocycles. The molecule has 3 aromatic rings. The summed E-state index contributed by atoms with van der Waals surface area (Å²) < 4.78 is 11.0. The third kappa shape index (κ3) is 3.89. The SMILES string of the molecule is COc1cc(C2CCOCC2)ccc1NC(=O)c1cccc(-c2ccn[nH]2)n1. The lowest BCUT2D eigenvalue weighted by Gasteiger charge is -2.23. The van der Waals surface area contributed by atoms with Gasteiger partial charge in [0.15, 0.2) is 0 Å². The Kier molecular flexibility index (Phi) is 5.34. The van der Waals surface area contributed by atoms with Crippen LogP contribution in [-0.2, 0) is 4.74 Å². The highest BCUT2D eigenvalue weighted by Gasteiger charge is 2.18. The Labute approximate surface area is 163 Å². The lowest BCUT2D eigenvalue weighted by atomic mass is 9.91. The summed E-state index contributed by atoms with van der Waals surface area (Å²) in [5.41, 5.74) is 3.57. The number of hydrogen-bond acceptors (Lipinski definition) is 5. The second-order valence-electron chi connectivity index (χ2n) is 6.68. The molecule has 0 atom stereocenters. The molecule has 0 unspecified atom stereocenters. The van der Waals surface area contributed by atoms with Gasteiger partial charge in [0.2, 0.25) is 0 Å². The van der Waals surface area contributed by atoms with Gasteiger partial charge in [-0.1, -0.05) is 12.1 Å². The summed E-state index contributed by atoms with van der Waals surface area (Å²) in [5, 5.41) is 9.68. The second kappa shape index (κ2) is 8.22. The van der Waals surface area contributed by atoms with E-state index in [1.807, 2.05) is 30.3 Å². The molecule has 3 heterocycles. The molecular weight excluding hydrogens is 356 g/mol. The highest BCUT2D eigenvalue weighted by Crippen LogP contribution is 2.33. The molecule has 1 aliphatic rings. The van der Waals surface area contributed by atoms with Crippen LogP contribution in [-0.4, -0.2) is 41.4 Å². The lowest BCUT2D eigenvalue weighted by Crippen LogP contribution is -2.16. The van der Waals surface area contributed by atoms with E-state index in [9.17, 15) is 4.79 Å². The quantitative estimate of drug-likeness (QED) is 0.708.